The fourth-order valence-corrected chi connectivity index (χ4v) is 3.35. The Labute approximate surface area is 200 Å². The number of carbonyl (C=O) groups excluding carboxylic acids is 1. The van der Waals surface area contributed by atoms with Crippen LogP contribution in [0.3, 0.4) is 0 Å². The van der Waals surface area contributed by atoms with Crippen molar-refractivity contribution in [2.24, 2.45) is 5.73 Å². The van der Waals surface area contributed by atoms with Gasteiger partial charge in [-0.15, -0.1) is 12.4 Å². The SMILES string of the molecule is COc1c(Oc2ccc(CCN)cc2)cc(C(=O)Nc2ccccc2C)c(OC)c1OC.Cl. The van der Waals surface area contributed by atoms with Gasteiger partial charge in [-0.05, 0) is 49.2 Å². The number of hydrogen-bond donors (Lipinski definition) is 2. The lowest BCUT2D eigenvalue weighted by Gasteiger charge is -2.19. The summed E-state index contributed by atoms with van der Waals surface area (Å²) < 4.78 is 22.6. The molecule has 8 heteroatoms. The second-order valence-electron chi connectivity index (χ2n) is 7.08. The quantitative estimate of drug-likeness (QED) is 0.456. The van der Waals surface area contributed by atoms with E-state index in [-0.39, 0.29) is 35.4 Å². The Bertz CT molecular complexity index is 1090. The molecule has 0 aliphatic carbocycles. The molecular weight excluding hydrogens is 444 g/mol. The van der Waals surface area contributed by atoms with Crippen molar-refractivity contribution in [3.63, 3.8) is 0 Å². The van der Waals surface area contributed by atoms with Gasteiger partial charge in [-0.2, -0.15) is 0 Å². The lowest BCUT2D eigenvalue weighted by atomic mass is 10.1. The maximum atomic E-state index is 13.2. The summed E-state index contributed by atoms with van der Waals surface area (Å²) in [6.07, 6.45) is 0.781. The molecule has 3 aromatic carbocycles. The predicted octanol–water partition coefficient (Wildman–Crippen LogP) is 4.99. The van der Waals surface area contributed by atoms with Crippen LogP contribution in [0.15, 0.2) is 54.6 Å². The van der Waals surface area contributed by atoms with Gasteiger partial charge < -0.3 is 30.0 Å². The Hall–Kier alpha value is -3.42. The molecule has 3 N–H and O–H groups in total. The standard InChI is InChI=1S/C25H28N2O5.ClH/c1-16-7-5-6-8-20(16)27-25(28)19-15-21(23(30-3)24(31-4)22(19)29-2)32-18-11-9-17(10-12-18)13-14-26;/h5-12,15H,13-14,26H2,1-4H3,(H,27,28);1H. The molecule has 0 unspecified atom stereocenters. The third-order valence-electron chi connectivity index (χ3n) is 4.99. The van der Waals surface area contributed by atoms with Gasteiger partial charge in [0.1, 0.15) is 5.75 Å². The first-order valence-electron chi connectivity index (χ1n) is 10.2. The number of ether oxygens (including phenoxy) is 4. The third-order valence-corrected chi connectivity index (χ3v) is 4.99. The zero-order valence-electron chi connectivity index (χ0n) is 19.1. The summed E-state index contributed by atoms with van der Waals surface area (Å²) in [6.45, 7) is 2.49. The number of nitrogens with one attached hydrogen (secondary N) is 1. The van der Waals surface area contributed by atoms with E-state index in [9.17, 15) is 4.79 Å². The smallest absolute Gasteiger partial charge is 0.259 e. The number of carbonyl (C=O) groups is 1. The number of hydrogen-bond acceptors (Lipinski definition) is 6. The van der Waals surface area contributed by atoms with Gasteiger partial charge in [0.05, 0.1) is 26.9 Å². The van der Waals surface area contributed by atoms with Crippen LogP contribution < -0.4 is 30.0 Å². The summed E-state index contributed by atoms with van der Waals surface area (Å²) >= 11 is 0. The number of amides is 1. The minimum atomic E-state index is -0.361. The zero-order valence-corrected chi connectivity index (χ0v) is 20.0. The Kier molecular flexibility index (Phi) is 9.39. The molecule has 0 atom stereocenters. The van der Waals surface area contributed by atoms with Gasteiger partial charge in [-0.1, -0.05) is 30.3 Å². The van der Waals surface area contributed by atoms with Crippen molar-refractivity contribution in [1.82, 2.24) is 0 Å². The Morgan fingerprint density at radius 1 is 0.909 bits per heavy atom. The number of nitrogens with two attached hydrogens (primary N) is 1. The van der Waals surface area contributed by atoms with E-state index < -0.39 is 0 Å². The fraction of sp³-hybridized carbons (Fsp3) is 0.240. The van der Waals surface area contributed by atoms with Gasteiger partial charge in [-0.3, -0.25) is 4.79 Å². The molecule has 0 aliphatic rings. The number of halogens is 1. The summed E-state index contributed by atoms with van der Waals surface area (Å²) in [7, 11) is 4.45. The van der Waals surface area contributed by atoms with Crippen LogP contribution >= 0.6 is 12.4 Å². The molecule has 0 aromatic heterocycles. The second kappa shape index (κ2) is 12.0. The van der Waals surface area contributed by atoms with Crippen LogP contribution in [0.4, 0.5) is 5.69 Å². The Balaban J connectivity index is 0.00000385. The highest BCUT2D eigenvalue weighted by Gasteiger charge is 2.26. The van der Waals surface area contributed by atoms with E-state index in [2.05, 4.69) is 5.32 Å². The maximum absolute atomic E-state index is 13.2. The molecule has 0 saturated heterocycles. The van der Waals surface area contributed by atoms with Crippen LogP contribution in [0.2, 0.25) is 0 Å². The summed E-state index contributed by atoms with van der Waals surface area (Å²) in [6, 6.07) is 16.7. The highest BCUT2D eigenvalue weighted by atomic mass is 35.5. The molecule has 0 radical (unpaired) electrons. The third kappa shape index (κ3) is 5.88. The van der Waals surface area contributed by atoms with E-state index in [0.29, 0.717) is 29.5 Å². The molecule has 0 saturated carbocycles. The average molecular weight is 473 g/mol. The molecule has 3 aromatic rings. The van der Waals surface area contributed by atoms with Gasteiger partial charge in [0.15, 0.2) is 11.5 Å². The lowest BCUT2D eigenvalue weighted by molar-refractivity contribution is 0.102. The average Bonchev–Trinajstić information content (AvgIpc) is 2.81. The van der Waals surface area contributed by atoms with Gasteiger partial charge >= 0.3 is 0 Å². The van der Waals surface area contributed by atoms with Crippen molar-refractivity contribution in [3.8, 4) is 28.7 Å². The molecule has 3 rings (SSSR count). The maximum Gasteiger partial charge on any atom is 0.259 e. The minimum absolute atomic E-state index is 0. The first-order valence-corrected chi connectivity index (χ1v) is 10.2. The normalized spacial score (nSPS) is 10.1. The van der Waals surface area contributed by atoms with E-state index >= 15 is 0 Å². The minimum Gasteiger partial charge on any atom is -0.492 e. The van der Waals surface area contributed by atoms with Crippen LogP contribution in [0.25, 0.3) is 0 Å². The van der Waals surface area contributed by atoms with Crippen LogP contribution in [-0.4, -0.2) is 33.8 Å². The lowest BCUT2D eigenvalue weighted by Crippen LogP contribution is -2.15. The number of methoxy groups -OCH3 is 3. The molecule has 176 valence electrons. The highest BCUT2D eigenvalue weighted by Crippen LogP contribution is 2.48. The second-order valence-corrected chi connectivity index (χ2v) is 7.08. The summed E-state index contributed by atoms with van der Waals surface area (Å²) in [5, 5.41) is 2.92. The number of anilines is 1. The summed E-state index contributed by atoms with van der Waals surface area (Å²) in [4.78, 5) is 13.2. The van der Waals surface area contributed by atoms with E-state index in [0.717, 1.165) is 17.5 Å². The topological polar surface area (TPSA) is 92.0 Å². The largest absolute Gasteiger partial charge is 0.492 e. The van der Waals surface area contributed by atoms with E-state index in [1.165, 1.54) is 21.3 Å². The van der Waals surface area contributed by atoms with Crippen molar-refractivity contribution < 1.29 is 23.7 Å². The van der Waals surface area contributed by atoms with Crippen molar-refractivity contribution in [2.45, 2.75) is 13.3 Å². The molecule has 0 spiro atoms. The van der Waals surface area contributed by atoms with Gasteiger partial charge in [0, 0.05) is 11.8 Å². The highest BCUT2D eigenvalue weighted by molar-refractivity contribution is 6.07. The van der Waals surface area contributed by atoms with E-state index in [1.807, 2.05) is 55.5 Å². The molecule has 0 heterocycles. The number of para-hydroxylation sites is 1. The van der Waals surface area contributed by atoms with Crippen molar-refractivity contribution in [1.29, 1.82) is 0 Å². The summed E-state index contributed by atoms with van der Waals surface area (Å²) in [5.41, 5.74) is 8.62. The molecule has 1 amide bonds. The number of aryl methyl sites for hydroxylation is 1. The summed E-state index contributed by atoms with van der Waals surface area (Å²) in [5.74, 6) is 1.39. The first-order chi connectivity index (χ1) is 15.5. The molecule has 0 aliphatic heterocycles. The van der Waals surface area contributed by atoms with Crippen molar-refractivity contribution in [3.05, 3.63) is 71.3 Å². The molecular formula is C25H29ClN2O5. The van der Waals surface area contributed by atoms with Crippen LogP contribution in [0.5, 0.6) is 28.7 Å². The van der Waals surface area contributed by atoms with Crippen molar-refractivity contribution in [2.75, 3.05) is 33.2 Å². The monoisotopic (exact) mass is 472 g/mol. The van der Waals surface area contributed by atoms with E-state index in [4.69, 9.17) is 24.7 Å². The molecule has 7 nitrogen and oxygen atoms in total. The van der Waals surface area contributed by atoms with Gasteiger partial charge in [0.25, 0.3) is 5.91 Å². The Morgan fingerprint density at radius 3 is 2.12 bits per heavy atom. The molecule has 0 bridgehead atoms. The van der Waals surface area contributed by atoms with Crippen LogP contribution in [0, 0.1) is 6.92 Å². The molecule has 33 heavy (non-hydrogen) atoms. The van der Waals surface area contributed by atoms with Gasteiger partial charge in [0.2, 0.25) is 11.5 Å². The van der Waals surface area contributed by atoms with Gasteiger partial charge in [-0.25, -0.2) is 0 Å². The zero-order chi connectivity index (χ0) is 23.1. The predicted molar refractivity (Wildman–Crippen MR) is 132 cm³/mol. The van der Waals surface area contributed by atoms with E-state index in [1.54, 1.807) is 6.07 Å². The fourth-order valence-electron chi connectivity index (χ4n) is 3.35. The number of rotatable bonds is 9. The molecule has 0 fully saturated rings. The number of benzene rings is 3. The van der Waals surface area contributed by atoms with Crippen molar-refractivity contribution >= 4 is 24.0 Å². The van der Waals surface area contributed by atoms with Crippen LogP contribution in [-0.2, 0) is 6.42 Å². The van der Waals surface area contributed by atoms with Crippen LogP contribution in [0.1, 0.15) is 21.5 Å². The first kappa shape index (κ1) is 25.8. The Morgan fingerprint density at radius 2 is 1.55 bits per heavy atom.